The molecule has 0 fully saturated rings. The number of carboxylic acid groups (broad SMARTS) is 1. The van der Waals surface area contributed by atoms with Crippen LogP contribution < -0.4 is 4.72 Å². The van der Waals surface area contributed by atoms with Crippen molar-refractivity contribution in [3.05, 3.63) is 23.0 Å². The van der Waals surface area contributed by atoms with Gasteiger partial charge in [-0.25, -0.2) is 13.4 Å². The lowest BCUT2D eigenvalue weighted by atomic mass is 10.3. The van der Waals surface area contributed by atoms with Gasteiger partial charge >= 0.3 is 5.97 Å². The number of carbonyl (C=O) groups is 1. The Kier molecular flexibility index (Phi) is 4.92. The predicted molar refractivity (Wildman–Crippen MR) is 68.3 cm³/mol. The Balaban J connectivity index is 2.64. The fourth-order valence-electron chi connectivity index (χ4n) is 1.26. The van der Waals surface area contributed by atoms with Crippen molar-refractivity contribution in [1.82, 2.24) is 4.98 Å². The van der Waals surface area contributed by atoms with E-state index in [-0.39, 0.29) is 18.6 Å². The van der Waals surface area contributed by atoms with Gasteiger partial charge < -0.3 is 5.11 Å². The standard InChI is InChI=1S/C10H13ClN2O4S/c1-7-5-8(6-12-10(7)11)13-18(16,17)4-2-3-9(14)15/h5-6,13H,2-4H2,1H3,(H,14,15). The van der Waals surface area contributed by atoms with Gasteiger partial charge in [0, 0.05) is 6.42 Å². The molecule has 2 N–H and O–H groups in total. The molecule has 0 bridgehead atoms. The summed E-state index contributed by atoms with van der Waals surface area (Å²) >= 11 is 5.72. The van der Waals surface area contributed by atoms with E-state index >= 15 is 0 Å². The first-order valence-electron chi connectivity index (χ1n) is 5.14. The highest BCUT2D eigenvalue weighted by molar-refractivity contribution is 7.92. The normalized spacial score (nSPS) is 11.2. The van der Waals surface area contributed by atoms with Gasteiger partial charge in [0.25, 0.3) is 0 Å². The highest BCUT2D eigenvalue weighted by Gasteiger charge is 2.12. The molecule has 0 atom stereocenters. The molecule has 0 amide bonds. The van der Waals surface area contributed by atoms with Gasteiger partial charge in [0.1, 0.15) is 5.15 Å². The van der Waals surface area contributed by atoms with E-state index in [2.05, 4.69) is 9.71 Å². The molecule has 1 heterocycles. The van der Waals surface area contributed by atoms with Crippen molar-refractivity contribution in [2.45, 2.75) is 19.8 Å². The molecule has 100 valence electrons. The lowest BCUT2D eigenvalue weighted by molar-refractivity contribution is -0.137. The number of pyridine rings is 1. The SMILES string of the molecule is Cc1cc(NS(=O)(=O)CCCC(=O)O)cnc1Cl. The summed E-state index contributed by atoms with van der Waals surface area (Å²) in [5.41, 5.74) is 0.967. The first kappa shape index (κ1) is 14.7. The number of carboxylic acids is 1. The fourth-order valence-corrected chi connectivity index (χ4v) is 2.46. The highest BCUT2D eigenvalue weighted by Crippen LogP contribution is 2.17. The highest BCUT2D eigenvalue weighted by atomic mass is 35.5. The maximum atomic E-state index is 11.6. The monoisotopic (exact) mass is 292 g/mol. The number of nitrogens with zero attached hydrogens (tertiary/aromatic N) is 1. The molecule has 1 aromatic rings. The second kappa shape index (κ2) is 6.01. The molecule has 0 aliphatic rings. The Morgan fingerprint density at radius 3 is 2.78 bits per heavy atom. The summed E-state index contributed by atoms with van der Waals surface area (Å²) in [6.07, 6.45) is 1.19. The van der Waals surface area contributed by atoms with Gasteiger partial charge in [0.05, 0.1) is 17.6 Å². The van der Waals surface area contributed by atoms with Crippen molar-refractivity contribution in [3.8, 4) is 0 Å². The van der Waals surface area contributed by atoms with E-state index in [1.54, 1.807) is 13.0 Å². The van der Waals surface area contributed by atoms with E-state index < -0.39 is 16.0 Å². The first-order chi connectivity index (χ1) is 8.30. The van der Waals surface area contributed by atoms with Crippen molar-refractivity contribution < 1.29 is 18.3 Å². The Hall–Kier alpha value is -1.34. The molecular formula is C10H13ClN2O4S. The first-order valence-corrected chi connectivity index (χ1v) is 7.17. The average molecular weight is 293 g/mol. The van der Waals surface area contributed by atoms with E-state index in [0.717, 1.165) is 0 Å². The molecule has 0 aromatic carbocycles. The molecule has 1 aromatic heterocycles. The molecule has 0 aliphatic carbocycles. The van der Waals surface area contributed by atoms with E-state index in [0.29, 0.717) is 16.4 Å². The maximum absolute atomic E-state index is 11.6. The Morgan fingerprint density at radius 1 is 1.56 bits per heavy atom. The number of anilines is 1. The molecule has 1 rings (SSSR count). The van der Waals surface area contributed by atoms with Gasteiger partial charge in [-0.2, -0.15) is 0 Å². The Bertz CT molecular complexity index is 545. The average Bonchev–Trinajstić information content (AvgIpc) is 2.22. The number of aryl methyl sites for hydroxylation is 1. The number of hydrogen-bond donors (Lipinski definition) is 2. The van der Waals surface area contributed by atoms with Crippen molar-refractivity contribution >= 4 is 33.3 Å². The van der Waals surface area contributed by atoms with Crippen molar-refractivity contribution in [3.63, 3.8) is 0 Å². The Labute approximate surface area is 110 Å². The zero-order valence-electron chi connectivity index (χ0n) is 9.68. The summed E-state index contributed by atoms with van der Waals surface area (Å²) in [6, 6.07) is 1.56. The lowest BCUT2D eigenvalue weighted by Crippen LogP contribution is -2.17. The molecular weight excluding hydrogens is 280 g/mol. The zero-order valence-corrected chi connectivity index (χ0v) is 11.3. The van der Waals surface area contributed by atoms with Crippen LogP contribution in [0.25, 0.3) is 0 Å². The van der Waals surface area contributed by atoms with Gasteiger partial charge in [-0.05, 0) is 25.0 Å². The molecule has 0 radical (unpaired) electrons. The number of rotatable bonds is 6. The van der Waals surface area contributed by atoms with Crippen LogP contribution in [0.1, 0.15) is 18.4 Å². The minimum absolute atomic E-state index is 0.0602. The van der Waals surface area contributed by atoms with Crippen LogP contribution in [0.3, 0.4) is 0 Å². The molecule has 18 heavy (non-hydrogen) atoms. The van der Waals surface area contributed by atoms with E-state index in [9.17, 15) is 13.2 Å². The van der Waals surface area contributed by atoms with E-state index in [1.807, 2.05) is 0 Å². The second-order valence-corrected chi connectivity index (χ2v) is 5.95. The fraction of sp³-hybridized carbons (Fsp3) is 0.400. The van der Waals surface area contributed by atoms with Crippen LogP contribution >= 0.6 is 11.6 Å². The third-order valence-electron chi connectivity index (χ3n) is 2.09. The van der Waals surface area contributed by atoms with Crippen LogP contribution in [0.15, 0.2) is 12.3 Å². The third-order valence-corrected chi connectivity index (χ3v) is 3.86. The summed E-state index contributed by atoms with van der Waals surface area (Å²) in [7, 11) is -3.56. The van der Waals surface area contributed by atoms with Crippen LogP contribution in [-0.2, 0) is 14.8 Å². The molecule has 0 spiro atoms. The minimum Gasteiger partial charge on any atom is -0.481 e. The number of aliphatic carboxylic acids is 1. The number of hydrogen-bond acceptors (Lipinski definition) is 4. The van der Waals surface area contributed by atoms with Crippen molar-refractivity contribution in [2.75, 3.05) is 10.5 Å². The minimum atomic E-state index is -3.56. The van der Waals surface area contributed by atoms with E-state index in [4.69, 9.17) is 16.7 Å². The second-order valence-electron chi connectivity index (χ2n) is 3.75. The van der Waals surface area contributed by atoms with Crippen LogP contribution in [0.2, 0.25) is 5.15 Å². The topological polar surface area (TPSA) is 96.4 Å². The van der Waals surface area contributed by atoms with Gasteiger partial charge in [0.2, 0.25) is 10.0 Å². The van der Waals surface area contributed by atoms with Crippen molar-refractivity contribution in [1.29, 1.82) is 0 Å². The van der Waals surface area contributed by atoms with Gasteiger partial charge in [0.15, 0.2) is 0 Å². The smallest absolute Gasteiger partial charge is 0.303 e. The Morgan fingerprint density at radius 2 is 2.22 bits per heavy atom. The third kappa shape index (κ3) is 4.89. The summed E-state index contributed by atoms with van der Waals surface area (Å²) < 4.78 is 25.5. The van der Waals surface area contributed by atoms with Crippen LogP contribution in [-0.4, -0.2) is 30.2 Å². The molecule has 6 nitrogen and oxygen atoms in total. The van der Waals surface area contributed by atoms with E-state index in [1.165, 1.54) is 6.20 Å². The zero-order chi connectivity index (χ0) is 13.8. The van der Waals surface area contributed by atoms with Gasteiger partial charge in [-0.3, -0.25) is 9.52 Å². The van der Waals surface area contributed by atoms with Crippen LogP contribution in [0, 0.1) is 6.92 Å². The summed E-state index contributed by atoms with van der Waals surface area (Å²) in [5, 5.41) is 8.74. The van der Waals surface area contributed by atoms with Crippen molar-refractivity contribution in [2.24, 2.45) is 0 Å². The summed E-state index contributed by atoms with van der Waals surface area (Å²) in [6.45, 7) is 1.71. The molecule has 8 heteroatoms. The van der Waals surface area contributed by atoms with Gasteiger partial charge in [-0.15, -0.1) is 0 Å². The largest absolute Gasteiger partial charge is 0.481 e. The molecule has 0 aliphatic heterocycles. The molecule has 0 unspecified atom stereocenters. The van der Waals surface area contributed by atoms with Crippen LogP contribution in [0.5, 0.6) is 0 Å². The molecule has 0 saturated carbocycles. The number of halogens is 1. The number of aromatic nitrogens is 1. The van der Waals surface area contributed by atoms with Gasteiger partial charge in [-0.1, -0.05) is 11.6 Å². The number of nitrogens with one attached hydrogen (secondary N) is 1. The molecule has 0 saturated heterocycles. The maximum Gasteiger partial charge on any atom is 0.303 e. The summed E-state index contributed by atoms with van der Waals surface area (Å²) in [4.78, 5) is 14.1. The summed E-state index contributed by atoms with van der Waals surface area (Å²) in [5.74, 6) is -1.27. The van der Waals surface area contributed by atoms with Crippen LogP contribution in [0.4, 0.5) is 5.69 Å². The quantitative estimate of drug-likeness (QED) is 0.777. The number of sulfonamides is 1. The predicted octanol–water partition coefficient (Wildman–Crippen LogP) is 1.65. The lowest BCUT2D eigenvalue weighted by Gasteiger charge is -2.08.